The van der Waals surface area contributed by atoms with Crippen LogP contribution in [-0.4, -0.2) is 37.6 Å². The van der Waals surface area contributed by atoms with Crippen molar-refractivity contribution in [3.05, 3.63) is 63.7 Å². The number of carbonyl (C=O) groups is 1. The first-order chi connectivity index (χ1) is 13.5. The Hall–Kier alpha value is -2.77. The molecule has 156 valence electrons. The van der Waals surface area contributed by atoms with Crippen LogP contribution in [0.25, 0.3) is 0 Å². The number of carboxylic acid groups (broad SMARTS) is 1. The lowest BCUT2D eigenvalue weighted by molar-refractivity contribution is -0.384. The number of aliphatic carboxylic acids is 1. The SMILES string of the molecule is O=C(O)COc1c(F)cc(C(S)CNS(=O)(=O)c2ccc([N+](=O)[O-])cc2)cc1F. The number of nitrogens with zero attached hydrogens (tertiary/aromatic N) is 1. The summed E-state index contributed by atoms with van der Waals surface area (Å²) >= 11 is 4.12. The van der Waals surface area contributed by atoms with E-state index in [1.54, 1.807) is 0 Å². The van der Waals surface area contributed by atoms with Crippen LogP contribution in [0.3, 0.4) is 0 Å². The molecule has 9 nitrogen and oxygen atoms in total. The van der Waals surface area contributed by atoms with E-state index in [2.05, 4.69) is 22.1 Å². The van der Waals surface area contributed by atoms with Crippen molar-refractivity contribution in [1.82, 2.24) is 4.72 Å². The van der Waals surface area contributed by atoms with Gasteiger partial charge in [0.1, 0.15) is 0 Å². The largest absolute Gasteiger partial charge is 0.479 e. The molecular weight excluding hydrogens is 434 g/mol. The average Bonchev–Trinajstić information content (AvgIpc) is 2.65. The van der Waals surface area contributed by atoms with E-state index in [-0.39, 0.29) is 22.7 Å². The van der Waals surface area contributed by atoms with Crippen molar-refractivity contribution < 1.29 is 36.8 Å². The first kappa shape index (κ1) is 22.5. The van der Waals surface area contributed by atoms with Gasteiger partial charge in [-0.2, -0.15) is 12.6 Å². The molecule has 0 aliphatic heterocycles. The highest BCUT2D eigenvalue weighted by atomic mass is 32.2. The van der Waals surface area contributed by atoms with E-state index in [0.717, 1.165) is 36.4 Å². The minimum Gasteiger partial charge on any atom is -0.479 e. The molecule has 2 aromatic carbocycles. The van der Waals surface area contributed by atoms with Crippen LogP contribution in [0, 0.1) is 21.7 Å². The molecule has 0 spiro atoms. The fraction of sp³-hybridized carbons (Fsp3) is 0.188. The molecule has 0 aliphatic rings. The molecule has 0 fully saturated rings. The summed E-state index contributed by atoms with van der Waals surface area (Å²) in [5.74, 6) is -4.62. The summed E-state index contributed by atoms with van der Waals surface area (Å²) in [5, 5.41) is 18.2. The van der Waals surface area contributed by atoms with E-state index >= 15 is 0 Å². The number of hydrogen-bond acceptors (Lipinski definition) is 7. The molecule has 0 amide bonds. The van der Waals surface area contributed by atoms with Gasteiger partial charge in [0, 0.05) is 23.9 Å². The summed E-state index contributed by atoms with van der Waals surface area (Å²) in [6.07, 6.45) is 0. The lowest BCUT2D eigenvalue weighted by Crippen LogP contribution is -2.27. The van der Waals surface area contributed by atoms with Gasteiger partial charge in [-0.15, -0.1) is 0 Å². The number of rotatable bonds is 9. The predicted octanol–water partition coefficient (Wildman–Crippen LogP) is 2.29. The minimum atomic E-state index is -4.05. The Labute approximate surface area is 168 Å². The Morgan fingerprint density at radius 1 is 1.24 bits per heavy atom. The Morgan fingerprint density at radius 3 is 2.28 bits per heavy atom. The van der Waals surface area contributed by atoms with Crippen molar-refractivity contribution >= 4 is 34.3 Å². The van der Waals surface area contributed by atoms with Crippen molar-refractivity contribution in [1.29, 1.82) is 0 Å². The molecule has 2 aromatic rings. The Kier molecular flexibility index (Phi) is 7.11. The van der Waals surface area contributed by atoms with Crippen LogP contribution in [0.5, 0.6) is 5.75 Å². The molecule has 0 bridgehead atoms. The number of thiol groups is 1. The van der Waals surface area contributed by atoms with Crippen molar-refractivity contribution in [2.75, 3.05) is 13.2 Å². The minimum absolute atomic E-state index is 0.0163. The number of nitro groups is 1. The smallest absolute Gasteiger partial charge is 0.341 e. The van der Waals surface area contributed by atoms with Crippen molar-refractivity contribution in [3.8, 4) is 5.75 Å². The van der Waals surface area contributed by atoms with Crippen LogP contribution in [0.15, 0.2) is 41.3 Å². The van der Waals surface area contributed by atoms with Gasteiger partial charge >= 0.3 is 5.97 Å². The van der Waals surface area contributed by atoms with Gasteiger partial charge in [-0.3, -0.25) is 10.1 Å². The zero-order valence-electron chi connectivity index (χ0n) is 14.4. The molecule has 0 radical (unpaired) electrons. The van der Waals surface area contributed by atoms with Gasteiger partial charge in [0.05, 0.1) is 9.82 Å². The number of non-ortho nitro benzene ring substituents is 1. The molecule has 13 heteroatoms. The van der Waals surface area contributed by atoms with Crippen molar-refractivity contribution in [2.24, 2.45) is 0 Å². The van der Waals surface area contributed by atoms with Crippen LogP contribution < -0.4 is 9.46 Å². The number of halogens is 2. The zero-order valence-corrected chi connectivity index (χ0v) is 16.1. The second-order valence-electron chi connectivity index (χ2n) is 5.61. The summed E-state index contributed by atoms with van der Waals surface area (Å²) in [6, 6.07) is 5.82. The lowest BCUT2D eigenvalue weighted by Gasteiger charge is -2.15. The summed E-state index contributed by atoms with van der Waals surface area (Å²) in [5.41, 5.74) is -0.301. The van der Waals surface area contributed by atoms with Crippen molar-refractivity contribution in [2.45, 2.75) is 10.1 Å². The number of ether oxygens (including phenoxy) is 1. The van der Waals surface area contributed by atoms with E-state index in [0.29, 0.717) is 0 Å². The maximum atomic E-state index is 14.0. The lowest BCUT2D eigenvalue weighted by atomic mass is 10.1. The van der Waals surface area contributed by atoms with E-state index in [1.165, 1.54) is 0 Å². The van der Waals surface area contributed by atoms with Crippen LogP contribution in [0.4, 0.5) is 14.5 Å². The maximum absolute atomic E-state index is 14.0. The molecule has 1 unspecified atom stereocenters. The highest BCUT2D eigenvalue weighted by molar-refractivity contribution is 7.89. The zero-order chi connectivity index (χ0) is 21.8. The maximum Gasteiger partial charge on any atom is 0.341 e. The summed E-state index contributed by atoms with van der Waals surface area (Å²) < 4.78 is 59.2. The summed E-state index contributed by atoms with van der Waals surface area (Å²) in [4.78, 5) is 20.1. The Balaban J connectivity index is 2.10. The molecule has 29 heavy (non-hydrogen) atoms. The molecule has 0 aliphatic carbocycles. The fourth-order valence-electron chi connectivity index (χ4n) is 2.18. The monoisotopic (exact) mass is 448 g/mol. The molecule has 0 aromatic heterocycles. The standard InChI is InChI=1S/C16H14F2N2O7S2/c17-12-5-9(6-13(18)16(12)27-8-15(21)22)14(28)7-19-29(25,26)11-3-1-10(2-4-11)20(23)24/h1-6,14,19,28H,7-8H2,(H,21,22). The van der Waals surface area contributed by atoms with Crippen LogP contribution in [0.2, 0.25) is 0 Å². The first-order valence-corrected chi connectivity index (χ1v) is 9.77. The van der Waals surface area contributed by atoms with E-state index in [1.807, 2.05) is 0 Å². The summed E-state index contributed by atoms with van der Waals surface area (Å²) in [7, 11) is -4.05. The van der Waals surface area contributed by atoms with Gasteiger partial charge in [0.2, 0.25) is 10.0 Å². The molecular formula is C16H14F2N2O7S2. The molecule has 2 N–H and O–H groups in total. The van der Waals surface area contributed by atoms with Gasteiger partial charge in [-0.1, -0.05) is 0 Å². The topological polar surface area (TPSA) is 136 Å². The van der Waals surface area contributed by atoms with E-state index < -0.39 is 50.2 Å². The third kappa shape index (κ3) is 5.85. The van der Waals surface area contributed by atoms with Gasteiger partial charge in [0.25, 0.3) is 5.69 Å². The van der Waals surface area contributed by atoms with Gasteiger partial charge in [0.15, 0.2) is 24.0 Å². The Bertz CT molecular complexity index is 1010. The van der Waals surface area contributed by atoms with Gasteiger partial charge in [-0.05, 0) is 29.8 Å². The molecule has 2 rings (SSSR count). The molecule has 0 heterocycles. The number of carboxylic acids is 1. The highest BCUT2D eigenvalue weighted by Crippen LogP contribution is 2.29. The second-order valence-corrected chi connectivity index (χ2v) is 8.01. The third-order valence-corrected chi connectivity index (χ3v) is 5.49. The predicted molar refractivity (Wildman–Crippen MR) is 99.5 cm³/mol. The second kappa shape index (κ2) is 9.15. The molecule has 0 saturated heterocycles. The van der Waals surface area contributed by atoms with Crippen molar-refractivity contribution in [3.63, 3.8) is 0 Å². The third-order valence-electron chi connectivity index (χ3n) is 3.57. The number of sulfonamides is 1. The molecule has 1 atom stereocenters. The first-order valence-electron chi connectivity index (χ1n) is 7.77. The van der Waals surface area contributed by atoms with Gasteiger partial charge < -0.3 is 9.84 Å². The number of benzene rings is 2. The van der Waals surface area contributed by atoms with Crippen LogP contribution in [-0.2, 0) is 14.8 Å². The number of nitrogens with one attached hydrogen (secondary N) is 1. The number of hydrogen-bond donors (Lipinski definition) is 3. The fourth-order valence-corrected chi connectivity index (χ4v) is 3.59. The average molecular weight is 448 g/mol. The number of nitro benzene ring substituents is 1. The highest BCUT2D eigenvalue weighted by Gasteiger charge is 2.20. The molecule has 0 saturated carbocycles. The quantitative estimate of drug-likeness (QED) is 0.304. The van der Waals surface area contributed by atoms with Crippen LogP contribution >= 0.6 is 12.6 Å². The van der Waals surface area contributed by atoms with E-state index in [4.69, 9.17) is 5.11 Å². The van der Waals surface area contributed by atoms with Gasteiger partial charge in [-0.25, -0.2) is 26.7 Å². The van der Waals surface area contributed by atoms with Crippen LogP contribution in [0.1, 0.15) is 10.8 Å². The Morgan fingerprint density at radius 2 is 1.79 bits per heavy atom. The normalized spacial score (nSPS) is 12.4. The van der Waals surface area contributed by atoms with E-state index in [9.17, 15) is 32.1 Å². The summed E-state index contributed by atoms with van der Waals surface area (Å²) in [6.45, 7) is -1.29.